The van der Waals surface area contributed by atoms with Gasteiger partial charge in [0.1, 0.15) is 11.0 Å². The van der Waals surface area contributed by atoms with Crippen molar-refractivity contribution in [1.82, 2.24) is 8.75 Å². The Balaban J connectivity index is 2.79. The van der Waals surface area contributed by atoms with Crippen molar-refractivity contribution in [2.45, 2.75) is 5.75 Å². The van der Waals surface area contributed by atoms with E-state index in [1.165, 1.54) is 11.7 Å². The van der Waals surface area contributed by atoms with Crippen molar-refractivity contribution in [3.05, 3.63) is 23.8 Å². The van der Waals surface area contributed by atoms with Gasteiger partial charge in [0, 0.05) is 5.75 Å². The first-order valence-corrected chi connectivity index (χ1v) is 4.59. The summed E-state index contributed by atoms with van der Waals surface area (Å²) in [5, 5.41) is 0. The predicted octanol–water partition coefficient (Wildman–Crippen LogP) is 2.12. The van der Waals surface area contributed by atoms with Gasteiger partial charge in [-0.2, -0.15) is 21.4 Å². The molecule has 0 saturated heterocycles. The summed E-state index contributed by atoms with van der Waals surface area (Å²) in [5.74, 6) is 0.725. The van der Waals surface area contributed by atoms with E-state index < -0.39 is 0 Å². The molecule has 0 spiro atoms. The van der Waals surface area contributed by atoms with E-state index >= 15 is 0 Å². The summed E-state index contributed by atoms with van der Waals surface area (Å²) in [6.07, 6.45) is 0. The smallest absolute Gasteiger partial charge is 0.108 e. The van der Waals surface area contributed by atoms with Crippen LogP contribution < -0.4 is 0 Å². The molecule has 0 fully saturated rings. The van der Waals surface area contributed by atoms with Crippen molar-refractivity contribution < 1.29 is 0 Å². The van der Waals surface area contributed by atoms with Crippen molar-refractivity contribution in [3.63, 3.8) is 0 Å². The molecule has 1 aromatic carbocycles. The van der Waals surface area contributed by atoms with E-state index in [9.17, 15) is 0 Å². The van der Waals surface area contributed by atoms with E-state index in [0.29, 0.717) is 0 Å². The topological polar surface area (TPSA) is 25.8 Å². The summed E-state index contributed by atoms with van der Waals surface area (Å²) >= 11 is 5.45. The lowest BCUT2D eigenvalue weighted by molar-refractivity contribution is 1.44. The standard InChI is InChI=1S/C7H6N2S2/c10-4-5-2-1-3-6-7(5)9-11-8-6/h1-3,10H,4H2. The van der Waals surface area contributed by atoms with Gasteiger partial charge in [-0.05, 0) is 11.6 Å². The normalized spacial score (nSPS) is 10.6. The molecule has 56 valence electrons. The quantitative estimate of drug-likeness (QED) is 0.684. The van der Waals surface area contributed by atoms with Crippen LogP contribution in [0, 0.1) is 0 Å². The second-order valence-electron chi connectivity index (χ2n) is 2.21. The van der Waals surface area contributed by atoms with Gasteiger partial charge in [-0.25, -0.2) is 0 Å². The molecule has 0 aliphatic rings. The maximum Gasteiger partial charge on any atom is 0.108 e. The minimum Gasteiger partial charge on any atom is -0.174 e. The fourth-order valence-electron chi connectivity index (χ4n) is 0.990. The van der Waals surface area contributed by atoms with Crippen LogP contribution in [0.3, 0.4) is 0 Å². The number of nitrogens with zero attached hydrogens (tertiary/aromatic N) is 2. The monoisotopic (exact) mass is 182 g/mol. The molecule has 0 saturated carbocycles. The first-order chi connectivity index (χ1) is 5.42. The van der Waals surface area contributed by atoms with Gasteiger partial charge in [-0.15, -0.1) is 0 Å². The summed E-state index contributed by atoms with van der Waals surface area (Å²) in [6.45, 7) is 0. The third-order valence-corrected chi connectivity index (χ3v) is 2.42. The Morgan fingerprint density at radius 2 is 2.27 bits per heavy atom. The zero-order chi connectivity index (χ0) is 7.68. The first-order valence-electron chi connectivity index (χ1n) is 3.23. The second kappa shape index (κ2) is 2.79. The third-order valence-electron chi connectivity index (χ3n) is 1.54. The van der Waals surface area contributed by atoms with Gasteiger partial charge >= 0.3 is 0 Å². The summed E-state index contributed by atoms with van der Waals surface area (Å²) < 4.78 is 8.30. The molecule has 0 aliphatic heterocycles. The van der Waals surface area contributed by atoms with Crippen molar-refractivity contribution in [2.75, 3.05) is 0 Å². The molecule has 0 unspecified atom stereocenters. The highest BCUT2D eigenvalue weighted by Gasteiger charge is 2.01. The van der Waals surface area contributed by atoms with Crippen molar-refractivity contribution in [2.24, 2.45) is 0 Å². The average Bonchev–Trinajstić information content (AvgIpc) is 2.50. The maximum absolute atomic E-state index is 4.20. The van der Waals surface area contributed by atoms with Gasteiger partial charge in [-0.3, -0.25) is 0 Å². The van der Waals surface area contributed by atoms with Gasteiger partial charge in [0.05, 0.1) is 11.7 Å². The van der Waals surface area contributed by atoms with Crippen LogP contribution in [0.15, 0.2) is 18.2 Å². The Morgan fingerprint density at radius 3 is 3.09 bits per heavy atom. The third kappa shape index (κ3) is 1.12. The Bertz CT molecular complexity index is 369. The van der Waals surface area contributed by atoms with E-state index in [0.717, 1.165) is 22.3 Å². The molecule has 0 amide bonds. The highest BCUT2D eigenvalue weighted by atomic mass is 32.1. The molecular weight excluding hydrogens is 176 g/mol. The summed E-state index contributed by atoms with van der Waals surface area (Å²) in [6, 6.07) is 5.97. The second-order valence-corrected chi connectivity index (χ2v) is 3.05. The molecule has 1 heterocycles. The van der Waals surface area contributed by atoms with Gasteiger partial charge in [0.2, 0.25) is 0 Å². The molecule has 1 aromatic heterocycles. The molecule has 0 radical (unpaired) electrons. The molecule has 11 heavy (non-hydrogen) atoms. The number of hydrogen-bond donors (Lipinski definition) is 1. The van der Waals surface area contributed by atoms with Crippen molar-refractivity contribution in [3.8, 4) is 0 Å². The molecular formula is C7H6N2S2. The van der Waals surface area contributed by atoms with Crippen LogP contribution in [-0.2, 0) is 5.75 Å². The Morgan fingerprint density at radius 1 is 1.36 bits per heavy atom. The number of rotatable bonds is 1. The van der Waals surface area contributed by atoms with E-state index in [-0.39, 0.29) is 0 Å². The molecule has 0 aliphatic carbocycles. The minimum absolute atomic E-state index is 0.725. The Kier molecular flexibility index (Phi) is 1.79. The van der Waals surface area contributed by atoms with Crippen LogP contribution in [0.4, 0.5) is 0 Å². The van der Waals surface area contributed by atoms with Crippen LogP contribution >= 0.6 is 24.4 Å². The van der Waals surface area contributed by atoms with Crippen LogP contribution in [0.1, 0.15) is 5.56 Å². The molecule has 2 aromatic rings. The van der Waals surface area contributed by atoms with Crippen LogP contribution in [0.25, 0.3) is 11.0 Å². The van der Waals surface area contributed by atoms with E-state index in [1.807, 2.05) is 18.2 Å². The molecule has 0 N–H and O–H groups in total. The van der Waals surface area contributed by atoms with E-state index in [4.69, 9.17) is 0 Å². The zero-order valence-electron chi connectivity index (χ0n) is 5.69. The number of benzene rings is 1. The molecule has 2 nitrogen and oxygen atoms in total. The number of thiol groups is 1. The van der Waals surface area contributed by atoms with Gasteiger partial charge < -0.3 is 0 Å². The van der Waals surface area contributed by atoms with E-state index in [2.05, 4.69) is 21.4 Å². The maximum atomic E-state index is 4.20. The summed E-state index contributed by atoms with van der Waals surface area (Å²) in [4.78, 5) is 0. The number of hydrogen-bond acceptors (Lipinski definition) is 4. The Labute approximate surface area is 74.0 Å². The lowest BCUT2D eigenvalue weighted by atomic mass is 10.2. The number of fused-ring (bicyclic) bond motifs is 1. The van der Waals surface area contributed by atoms with Crippen LogP contribution in [0.2, 0.25) is 0 Å². The average molecular weight is 182 g/mol. The summed E-state index contributed by atoms with van der Waals surface area (Å²) in [5.41, 5.74) is 3.12. The highest BCUT2D eigenvalue weighted by molar-refractivity contribution is 7.79. The van der Waals surface area contributed by atoms with Gasteiger partial charge in [-0.1, -0.05) is 12.1 Å². The van der Waals surface area contributed by atoms with Crippen molar-refractivity contribution in [1.29, 1.82) is 0 Å². The predicted molar refractivity (Wildman–Crippen MR) is 50.1 cm³/mol. The fourth-order valence-corrected chi connectivity index (χ4v) is 1.81. The number of aromatic nitrogens is 2. The van der Waals surface area contributed by atoms with E-state index in [1.54, 1.807) is 0 Å². The SMILES string of the molecule is SCc1cccc2nsnc12. The van der Waals surface area contributed by atoms with Crippen LogP contribution in [-0.4, -0.2) is 8.75 Å². The highest BCUT2D eigenvalue weighted by Crippen LogP contribution is 2.17. The van der Waals surface area contributed by atoms with Gasteiger partial charge in [0.25, 0.3) is 0 Å². The minimum atomic E-state index is 0.725. The molecule has 0 atom stereocenters. The summed E-state index contributed by atoms with van der Waals surface area (Å²) in [7, 11) is 0. The van der Waals surface area contributed by atoms with Gasteiger partial charge in [0.15, 0.2) is 0 Å². The lowest BCUT2D eigenvalue weighted by Gasteiger charge is -1.93. The zero-order valence-corrected chi connectivity index (χ0v) is 7.40. The lowest BCUT2D eigenvalue weighted by Crippen LogP contribution is -1.79. The molecule has 4 heteroatoms. The molecule has 0 bridgehead atoms. The van der Waals surface area contributed by atoms with Crippen molar-refractivity contribution >= 4 is 35.4 Å². The largest absolute Gasteiger partial charge is 0.174 e. The molecule has 2 rings (SSSR count). The van der Waals surface area contributed by atoms with Crippen LogP contribution in [0.5, 0.6) is 0 Å². The fraction of sp³-hybridized carbons (Fsp3) is 0.143. The first kappa shape index (κ1) is 7.06. The Hall–Kier alpha value is -0.610.